The van der Waals surface area contributed by atoms with Crippen molar-refractivity contribution in [3.05, 3.63) is 59.0 Å². The van der Waals surface area contributed by atoms with E-state index in [4.69, 9.17) is 9.15 Å². The summed E-state index contributed by atoms with van der Waals surface area (Å²) in [6.45, 7) is 0. The predicted octanol–water partition coefficient (Wildman–Crippen LogP) is 3.00. The van der Waals surface area contributed by atoms with Crippen LogP contribution in [-0.4, -0.2) is 10.2 Å². The molecule has 1 aromatic heterocycles. The van der Waals surface area contributed by atoms with Crippen LogP contribution in [0.25, 0.3) is 11.0 Å². The summed E-state index contributed by atoms with van der Waals surface area (Å²) in [6.07, 6.45) is 1.19. The Bertz CT molecular complexity index is 818. The molecule has 0 fully saturated rings. The van der Waals surface area contributed by atoms with Gasteiger partial charge in [-0.05, 0) is 36.4 Å². The van der Waals surface area contributed by atoms with E-state index >= 15 is 0 Å². The van der Waals surface area contributed by atoms with Crippen molar-refractivity contribution in [2.45, 2.75) is 0 Å². The molecule has 0 spiro atoms. The summed E-state index contributed by atoms with van der Waals surface area (Å²) in [7, 11) is 0. The number of hydrogen-bond donors (Lipinski definition) is 2. The zero-order valence-electron chi connectivity index (χ0n) is 10.2. The minimum atomic E-state index is -0.334. The van der Waals surface area contributed by atoms with E-state index in [0.29, 0.717) is 11.1 Å². The lowest BCUT2D eigenvalue weighted by Gasteiger charge is -2.05. The fourth-order valence-electron chi connectivity index (χ4n) is 1.81. The molecule has 100 valence electrons. The van der Waals surface area contributed by atoms with Gasteiger partial charge in [0.05, 0.1) is 5.39 Å². The van der Waals surface area contributed by atoms with Crippen molar-refractivity contribution in [3.63, 3.8) is 0 Å². The number of rotatable bonds is 2. The van der Waals surface area contributed by atoms with E-state index in [1.165, 1.54) is 48.7 Å². The van der Waals surface area contributed by atoms with Gasteiger partial charge in [-0.25, -0.2) is 0 Å². The summed E-state index contributed by atoms with van der Waals surface area (Å²) < 4.78 is 10.7. The molecule has 20 heavy (non-hydrogen) atoms. The second-order valence-corrected chi connectivity index (χ2v) is 4.21. The van der Waals surface area contributed by atoms with Crippen LogP contribution < -0.4 is 10.2 Å². The van der Waals surface area contributed by atoms with Crippen LogP contribution in [0.5, 0.6) is 23.0 Å². The molecular formula is C15H10O5. The first kappa shape index (κ1) is 12.1. The van der Waals surface area contributed by atoms with Crippen LogP contribution in [0, 0.1) is 0 Å². The van der Waals surface area contributed by atoms with E-state index in [2.05, 4.69) is 0 Å². The van der Waals surface area contributed by atoms with Crippen LogP contribution in [0.4, 0.5) is 0 Å². The SMILES string of the molecule is O=c1c(Oc2ccc(O)cc2)coc2cc(O)ccc12. The first-order valence-corrected chi connectivity index (χ1v) is 5.85. The number of fused-ring (bicyclic) bond motifs is 1. The second-order valence-electron chi connectivity index (χ2n) is 4.21. The van der Waals surface area contributed by atoms with Gasteiger partial charge in [-0.1, -0.05) is 0 Å². The molecule has 0 radical (unpaired) electrons. The first-order chi connectivity index (χ1) is 9.63. The molecule has 1 heterocycles. The maximum atomic E-state index is 12.2. The topological polar surface area (TPSA) is 79.9 Å². The molecule has 0 unspecified atom stereocenters. The maximum Gasteiger partial charge on any atom is 0.235 e. The molecule has 2 aromatic carbocycles. The Balaban J connectivity index is 2.04. The van der Waals surface area contributed by atoms with E-state index < -0.39 is 0 Å². The monoisotopic (exact) mass is 270 g/mol. The van der Waals surface area contributed by atoms with E-state index in [1.807, 2.05) is 0 Å². The van der Waals surface area contributed by atoms with Crippen molar-refractivity contribution in [1.29, 1.82) is 0 Å². The molecule has 0 aliphatic carbocycles. The largest absolute Gasteiger partial charge is 0.508 e. The highest BCUT2D eigenvalue weighted by Crippen LogP contribution is 2.24. The van der Waals surface area contributed by atoms with Crippen molar-refractivity contribution in [2.24, 2.45) is 0 Å². The lowest BCUT2D eigenvalue weighted by molar-refractivity contribution is 0.444. The summed E-state index contributed by atoms with van der Waals surface area (Å²) >= 11 is 0. The highest BCUT2D eigenvalue weighted by molar-refractivity contribution is 5.78. The Morgan fingerprint density at radius 1 is 0.950 bits per heavy atom. The van der Waals surface area contributed by atoms with Gasteiger partial charge in [0.2, 0.25) is 11.2 Å². The number of aromatic hydroxyl groups is 2. The summed E-state index contributed by atoms with van der Waals surface area (Å²) in [5, 5.41) is 18.8. The van der Waals surface area contributed by atoms with Crippen LogP contribution in [0.3, 0.4) is 0 Å². The lowest BCUT2D eigenvalue weighted by Crippen LogP contribution is -2.04. The molecular weight excluding hydrogens is 260 g/mol. The van der Waals surface area contributed by atoms with E-state index in [-0.39, 0.29) is 28.3 Å². The highest BCUT2D eigenvalue weighted by atomic mass is 16.5. The second kappa shape index (κ2) is 4.62. The van der Waals surface area contributed by atoms with Crippen molar-refractivity contribution in [3.8, 4) is 23.0 Å². The van der Waals surface area contributed by atoms with Crippen LogP contribution in [0.1, 0.15) is 0 Å². The minimum absolute atomic E-state index is 0.0212. The molecule has 2 N–H and O–H groups in total. The van der Waals surface area contributed by atoms with Gasteiger partial charge in [0.25, 0.3) is 0 Å². The maximum absolute atomic E-state index is 12.2. The molecule has 0 amide bonds. The molecule has 5 heteroatoms. The molecule has 0 atom stereocenters. The van der Waals surface area contributed by atoms with E-state index in [1.54, 1.807) is 0 Å². The molecule has 0 bridgehead atoms. The van der Waals surface area contributed by atoms with Crippen molar-refractivity contribution < 1.29 is 19.4 Å². The number of phenols is 2. The first-order valence-electron chi connectivity index (χ1n) is 5.85. The van der Waals surface area contributed by atoms with Crippen molar-refractivity contribution in [1.82, 2.24) is 0 Å². The van der Waals surface area contributed by atoms with Crippen molar-refractivity contribution in [2.75, 3.05) is 0 Å². The Kier molecular flexibility index (Phi) is 2.80. The summed E-state index contributed by atoms with van der Waals surface area (Å²) in [5.74, 6) is 0.577. The fourth-order valence-corrected chi connectivity index (χ4v) is 1.81. The van der Waals surface area contributed by atoms with Gasteiger partial charge in [0.15, 0.2) is 0 Å². The third-order valence-electron chi connectivity index (χ3n) is 2.79. The molecule has 5 nitrogen and oxygen atoms in total. The Hall–Kier alpha value is -2.95. The zero-order valence-corrected chi connectivity index (χ0v) is 10.2. The van der Waals surface area contributed by atoms with E-state index in [0.717, 1.165) is 0 Å². The third-order valence-corrected chi connectivity index (χ3v) is 2.79. The van der Waals surface area contributed by atoms with Gasteiger partial charge in [0.1, 0.15) is 29.1 Å². The number of phenolic OH excluding ortho intramolecular Hbond substituents is 2. The van der Waals surface area contributed by atoms with Gasteiger partial charge in [-0.15, -0.1) is 0 Å². The quantitative estimate of drug-likeness (QED) is 0.748. The Labute approximate surface area is 113 Å². The average molecular weight is 270 g/mol. The minimum Gasteiger partial charge on any atom is -0.508 e. The van der Waals surface area contributed by atoms with Crippen LogP contribution >= 0.6 is 0 Å². The summed E-state index contributed by atoms with van der Waals surface area (Å²) in [4.78, 5) is 12.2. The van der Waals surface area contributed by atoms with Gasteiger partial charge in [-0.3, -0.25) is 4.79 Å². The molecule has 3 rings (SSSR count). The van der Waals surface area contributed by atoms with Gasteiger partial charge in [-0.2, -0.15) is 0 Å². The number of benzene rings is 2. The van der Waals surface area contributed by atoms with Gasteiger partial charge < -0.3 is 19.4 Å². The van der Waals surface area contributed by atoms with E-state index in [9.17, 15) is 15.0 Å². The highest BCUT2D eigenvalue weighted by Gasteiger charge is 2.09. The molecule has 0 saturated carbocycles. The molecule has 0 aliphatic rings. The summed E-state index contributed by atoms with van der Waals surface area (Å²) in [6, 6.07) is 10.2. The molecule has 3 aromatic rings. The number of hydrogen-bond acceptors (Lipinski definition) is 5. The van der Waals surface area contributed by atoms with Crippen LogP contribution in [-0.2, 0) is 0 Å². The zero-order chi connectivity index (χ0) is 14.1. The van der Waals surface area contributed by atoms with Gasteiger partial charge >= 0.3 is 0 Å². The van der Waals surface area contributed by atoms with Crippen LogP contribution in [0.2, 0.25) is 0 Å². The third kappa shape index (κ3) is 2.16. The van der Waals surface area contributed by atoms with Crippen molar-refractivity contribution >= 4 is 11.0 Å². The summed E-state index contributed by atoms with van der Waals surface area (Å²) in [5.41, 5.74) is -0.0487. The lowest BCUT2D eigenvalue weighted by atomic mass is 10.2. The predicted molar refractivity (Wildman–Crippen MR) is 72.3 cm³/mol. The number of ether oxygens (including phenoxy) is 1. The Morgan fingerprint density at radius 2 is 1.65 bits per heavy atom. The standard InChI is InChI=1S/C15H10O5/c16-9-1-4-11(5-2-9)20-14-8-19-13-7-10(17)3-6-12(13)15(14)18/h1-8,16-17H. The fraction of sp³-hybridized carbons (Fsp3) is 0. The van der Waals surface area contributed by atoms with Gasteiger partial charge in [0, 0.05) is 6.07 Å². The average Bonchev–Trinajstić information content (AvgIpc) is 2.44. The molecule has 0 saturated heterocycles. The Morgan fingerprint density at radius 3 is 2.40 bits per heavy atom. The molecule has 0 aliphatic heterocycles. The smallest absolute Gasteiger partial charge is 0.235 e. The van der Waals surface area contributed by atoms with Crippen LogP contribution in [0.15, 0.2) is 57.9 Å². The normalized spacial score (nSPS) is 10.6.